The molecule has 2 saturated heterocycles. The van der Waals surface area contributed by atoms with Crippen molar-refractivity contribution in [1.29, 1.82) is 0 Å². The van der Waals surface area contributed by atoms with Gasteiger partial charge >= 0.3 is 0 Å². The maximum Gasteiger partial charge on any atom is 0.110 e. The zero-order valence-electron chi connectivity index (χ0n) is 8.50. The topological polar surface area (TPSA) is 12.5 Å². The fraction of sp³-hybridized carbons (Fsp3) is 1.00. The van der Waals surface area contributed by atoms with Gasteiger partial charge < -0.3 is 4.74 Å². The zero-order chi connectivity index (χ0) is 8.93. The third-order valence-electron chi connectivity index (χ3n) is 3.20. The summed E-state index contributed by atoms with van der Waals surface area (Å²) in [5.41, 5.74) is 0. The van der Waals surface area contributed by atoms with E-state index in [1.807, 2.05) is 0 Å². The third kappa shape index (κ3) is 2.68. The number of piperidine rings is 1. The Bertz CT molecular complexity index is 135. The first kappa shape index (κ1) is 9.47. The molecule has 13 heavy (non-hydrogen) atoms. The lowest BCUT2D eigenvalue weighted by molar-refractivity contribution is -0.0639. The Balaban J connectivity index is 1.82. The second-order valence-electron chi connectivity index (χ2n) is 4.27. The largest absolute Gasteiger partial charge is 0.363 e. The summed E-state index contributed by atoms with van der Waals surface area (Å²) in [6.45, 7) is 3.52. The van der Waals surface area contributed by atoms with E-state index in [0.717, 1.165) is 6.61 Å². The number of hydrogen-bond acceptors (Lipinski definition) is 2. The number of likely N-dealkylation sites (tertiary alicyclic amines) is 1. The first-order valence-corrected chi connectivity index (χ1v) is 5.82. The molecule has 2 aliphatic rings. The van der Waals surface area contributed by atoms with E-state index in [0.29, 0.717) is 6.23 Å². The van der Waals surface area contributed by atoms with Crippen LogP contribution in [0.1, 0.15) is 44.9 Å². The van der Waals surface area contributed by atoms with Gasteiger partial charge in [0.15, 0.2) is 0 Å². The van der Waals surface area contributed by atoms with Crippen molar-refractivity contribution in [3.63, 3.8) is 0 Å². The molecule has 2 heterocycles. The van der Waals surface area contributed by atoms with Gasteiger partial charge in [-0.15, -0.1) is 0 Å². The Kier molecular flexibility index (Phi) is 3.62. The van der Waals surface area contributed by atoms with E-state index in [1.165, 1.54) is 58.0 Å². The second kappa shape index (κ2) is 4.97. The fourth-order valence-corrected chi connectivity index (χ4v) is 2.39. The van der Waals surface area contributed by atoms with Crippen molar-refractivity contribution in [2.75, 3.05) is 19.7 Å². The Morgan fingerprint density at radius 2 is 1.62 bits per heavy atom. The average molecular weight is 183 g/mol. The molecule has 1 atom stereocenters. The van der Waals surface area contributed by atoms with Crippen LogP contribution in [0.5, 0.6) is 0 Å². The van der Waals surface area contributed by atoms with Crippen molar-refractivity contribution in [2.45, 2.75) is 51.2 Å². The van der Waals surface area contributed by atoms with Gasteiger partial charge in [0.05, 0.1) is 0 Å². The molecule has 2 aliphatic heterocycles. The van der Waals surface area contributed by atoms with Gasteiger partial charge in [-0.1, -0.05) is 12.8 Å². The van der Waals surface area contributed by atoms with Crippen molar-refractivity contribution < 1.29 is 4.74 Å². The zero-order valence-corrected chi connectivity index (χ0v) is 8.50. The predicted molar refractivity (Wildman–Crippen MR) is 53.6 cm³/mol. The summed E-state index contributed by atoms with van der Waals surface area (Å²) in [6.07, 6.45) is 9.89. The van der Waals surface area contributed by atoms with E-state index in [2.05, 4.69) is 4.90 Å². The summed E-state index contributed by atoms with van der Waals surface area (Å²) in [6, 6.07) is 0. The highest BCUT2D eigenvalue weighted by Crippen LogP contribution is 2.20. The summed E-state index contributed by atoms with van der Waals surface area (Å²) < 4.78 is 5.87. The molecule has 0 aliphatic carbocycles. The second-order valence-corrected chi connectivity index (χ2v) is 4.27. The van der Waals surface area contributed by atoms with Crippen LogP contribution in [0.2, 0.25) is 0 Å². The molecule has 0 spiro atoms. The molecule has 2 rings (SSSR count). The molecular formula is C11H21NO. The average Bonchev–Trinajstić information content (AvgIpc) is 2.47. The quantitative estimate of drug-likeness (QED) is 0.619. The third-order valence-corrected chi connectivity index (χ3v) is 3.20. The van der Waals surface area contributed by atoms with E-state index in [1.54, 1.807) is 0 Å². The van der Waals surface area contributed by atoms with Crippen LogP contribution in [0.15, 0.2) is 0 Å². The highest BCUT2D eigenvalue weighted by Gasteiger charge is 2.21. The normalized spacial score (nSPS) is 32.8. The van der Waals surface area contributed by atoms with Crippen LogP contribution in [-0.4, -0.2) is 30.8 Å². The Morgan fingerprint density at radius 1 is 0.846 bits per heavy atom. The molecule has 0 aromatic rings. The Morgan fingerprint density at radius 3 is 2.46 bits per heavy atom. The van der Waals surface area contributed by atoms with Crippen LogP contribution in [0.3, 0.4) is 0 Å². The van der Waals surface area contributed by atoms with Gasteiger partial charge in [0.25, 0.3) is 0 Å². The predicted octanol–water partition coefficient (Wildman–Crippen LogP) is 2.39. The molecule has 0 aromatic heterocycles. The minimum Gasteiger partial charge on any atom is -0.363 e. The standard InChI is InChI=1S/C11H21NO/c1-3-7-11(13-10-6-1)12-8-4-2-5-9-12/h11H,1-10H2. The van der Waals surface area contributed by atoms with Crippen molar-refractivity contribution >= 4 is 0 Å². The lowest BCUT2D eigenvalue weighted by Gasteiger charge is -2.33. The molecule has 0 N–H and O–H groups in total. The summed E-state index contributed by atoms with van der Waals surface area (Å²) in [5, 5.41) is 0. The van der Waals surface area contributed by atoms with Gasteiger partial charge in [0.2, 0.25) is 0 Å². The molecule has 2 nitrogen and oxygen atoms in total. The summed E-state index contributed by atoms with van der Waals surface area (Å²) in [5.74, 6) is 0. The van der Waals surface area contributed by atoms with E-state index >= 15 is 0 Å². The monoisotopic (exact) mass is 183 g/mol. The van der Waals surface area contributed by atoms with Crippen molar-refractivity contribution in [1.82, 2.24) is 4.90 Å². The maximum absolute atomic E-state index is 5.87. The molecule has 0 radical (unpaired) electrons. The first-order chi connectivity index (χ1) is 6.47. The van der Waals surface area contributed by atoms with E-state index in [4.69, 9.17) is 4.74 Å². The van der Waals surface area contributed by atoms with Crippen LogP contribution in [0, 0.1) is 0 Å². The lowest BCUT2D eigenvalue weighted by atomic mass is 10.1. The van der Waals surface area contributed by atoms with Crippen LogP contribution in [0.25, 0.3) is 0 Å². The minimum atomic E-state index is 0.461. The van der Waals surface area contributed by atoms with Crippen LogP contribution >= 0.6 is 0 Å². The van der Waals surface area contributed by atoms with E-state index < -0.39 is 0 Å². The minimum absolute atomic E-state index is 0.461. The number of rotatable bonds is 1. The Labute approximate surface area is 81.3 Å². The highest BCUT2D eigenvalue weighted by atomic mass is 16.5. The Hall–Kier alpha value is -0.0800. The molecule has 0 saturated carbocycles. The molecule has 0 aromatic carbocycles. The van der Waals surface area contributed by atoms with E-state index in [-0.39, 0.29) is 0 Å². The molecular weight excluding hydrogens is 162 g/mol. The molecule has 2 heteroatoms. The van der Waals surface area contributed by atoms with Crippen LogP contribution in [-0.2, 0) is 4.74 Å². The molecule has 1 unspecified atom stereocenters. The first-order valence-electron chi connectivity index (χ1n) is 5.82. The summed E-state index contributed by atoms with van der Waals surface area (Å²) in [4.78, 5) is 2.55. The van der Waals surface area contributed by atoms with Crippen molar-refractivity contribution in [3.8, 4) is 0 Å². The highest BCUT2D eigenvalue weighted by molar-refractivity contribution is 4.70. The lowest BCUT2D eigenvalue weighted by Crippen LogP contribution is -2.40. The number of nitrogens with zero attached hydrogens (tertiary/aromatic N) is 1. The van der Waals surface area contributed by atoms with Crippen molar-refractivity contribution in [2.24, 2.45) is 0 Å². The molecule has 2 fully saturated rings. The smallest absolute Gasteiger partial charge is 0.110 e. The van der Waals surface area contributed by atoms with Gasteiger partial charge in [0, 0.05) is 19.7 Å². The molecule has 76 valence electrons. The van der Waals surface area contributed by atoms with Gasteiger partial charge in [-0.2, -0.15) is 0 Å². The van der Waals surface area contributed by atoms with E-state index in [9.17, 15) is 0 Å². The number of ether oxygens (including phenoxy) is 1. The fourth-order valence-electron chi connectivity index (χ4n) is 2.39. The number of hydrogen-bond donors (Lipinski definition) is 0. The van der Waals surface area contributed by atoms with Gasteiger partial charge in [-0.3, -0.25) is 4.90 Å². The molecule has 0 bridgehead atoms. The van der Waals surface area contributed by atoms with Crippen LogP contribution < -0.4 is 0 Å². The van der Waals surface area contributed by atoms with Gasteiger partial charge in [-0.25, -0.2) is 0 Å². The maximum atomic E-state index is 5.87. The van der Waals surface area contributed by atoms with Crippen LogP contribution in [0.4, 0.5) is 0 Å². The van der Waals surface area contributed by atoms with Gasteiger partial charge in [0.1, 0.15) is 6.23 Å². The molecule has 0 amide bonds. The van der Waals surface area contributed by atoms with Gasteiger partial charge in [-0.05, 0) is 32.1 Å². The SMILES string of the molecule is C1CCOC(N2CCCCC2)CC1. The summed E-state index contributed by atoms with van der Waals surface area (Å²) in [7, 11) is 0. The summed E-state index contributed by atoms with van der Waals surface area (Å²) >= 11 is 0. The van der Waals surface area contributed by atoms with Crippen molar-refractivity contribution in [3.05, 3.63) is 0 Å².